The summed E-state index contributed by atoms with van der Waals surface area (Å²) < 4.78 is 6.97. The van der Waals surface area contributed by atoms with E-state index in [0.717, 1.165) is 27.3 Å². The highest BCUT2D eigenvalue weighted by Gasteiger charge is 2.34. The number of nitrogens with zero attached hydrogens (tertiary/aromatic N) is 1. The molecule has 1 aliphatic heterocycles. The fourth-order valence-corrected chi connectivity index (χ4v) is 5.30. The van der Waals surface area contributed by atoms with Crippen LogP contribution in [-0.4, -0.2) is 22.6 Å². The smallest absolute Gasteiger partial charge is 0.293 e. The van der Waals surface area contributed by atoms with Crippen LogP contribution in [-0.2, 0) is 17.8 Å². The molecule has 0 unspecified atom stereocenters. The number of amides is 2. The van der Waals surface area contributed by atoms with Crippen molar-refractivity contribution in [3.8, 4) is 5.75 Å². The van der Waals surface area contributed by atoms with E-state index >= 15 is 0 Å². The summed E-state index contributed by atoms with van der Waals surface area (Å²) in [4.78, 5) is 26.9. The van der Waals surface area contributed by atoms with E-state index in [2.05, 4.69) is 22.6 Å². The van der Waals surface area contributed by atoms with E-state index in [1.165, 1.54) is 10.5 Å². The number of carbonyl (C=O) groups excluding carboxylic acids is 2. The van der Waals surface area contributed by atoms with E-state index in [4.69, 9.17) is 27.9 Å². The number of carbonyl (C=O) groups is 2. The van der Waals surface area contributed by atoms with Gasteiger partial charge in [0.05, 0.1) is 15.0 Å². The highest BCUT2D eigenvalue weighted by molar-refractivity contribution is 14.1. The third kappa shape index (κ3) is 6.36. The molecule has 1 fully saturated rings. The SMILES string of the molecule is O=C1S/C(=C/c2cc(Cl)c(OCc3ccc(I)cc3)c(Cl)c2)C(=O)N1CCCc1ccccc1. The van der Waals surface area contributed by atoms with E-state index in [1.54, 1.807) is 18.2 Å². The first-order chi connectivity index (χ1) is 16.4. The Bertz CT molecular complexity index is 1210. The molecule has 0 radical (unpaired) electrons. The van der Waals surface area contributed by atoms with Crippen LogP contribution in [0.25, 0.3) is 6.08 Å². The van der Waals surface area contributed by atoms with Crippen molar-refractivity contribution in [2.45, 2.75) is 19.4 Å². The molecule has 0 saturated carbocycles. The summed E-state index contributed by atoms with van der Waals surface area (Å²) in [6.45, 7) is 0.710. The molecule has 0 atom stereocenters. The Labute approximate surface area is 226 Å². The average molecular weight is 624 g/mol. The van der Waals surface area contributed by atoms with E-state index in [9.17, 15) is 9.59 Å². The molecule has 0 spiro atoms. The number of ether oxygens (including phenoxy) is 1. The van der Waals surface area contributed by atoms with Gasteiger partial charge in [0.15, 0.2) is 5.75 Å². The summed E-state index contributed by atoms with van der Waals surface area (Å²) in [6.07, 6.45) is 3.15. The summed E-state index contributed by atoms with van der Waals surface area (Å²) in [5.41, 5.74) is 2.81. The lowest BCUT2D eigenvalue weighted by molar-refractivity contribution is -0.122. The minimum atomic E-state index is -0.297. The van der Waals surface area contributed by atoms with Gasteiger partial charge in [-0.15, -0.1) is 0 Å². The first-order valence-corrected chi connectivity index (χ1v) is 13.2. The van der Waals surface area contributed by atoms with Crippen molar-refractivity contribution in [2.24, 2.45) is 0 Å². The molecule has 3 aromatic rings. The second-order valence-electron chi connectivity index (χ2n) is 7.65. The number of imide groups is 1. The largest absolute Gasteiger partial charge is 0.486 e. The molecular weight excluding hydrogens is 604 g/mol. The van der Waals surface area contributed by atoms with Gasteiger partial charge in [0.25, 0.3) is 11.1 Å². The van der Waals surface area contributed by atoms with E-state index in [-0.39, 0.29) is 11.1 Å². The average Bonchev–Trinajstić information content (AvgIpc) is 3.07. The minimum Gasteiger partial charge on any atom is -0.486 e. The van der Waals surface area contributed by atoms with Crippen LogP contribution in [0.4, 0.5) is 4.79 Å². The van der Waals surface area contributed by atoms with Crippen molar-refractivity contribution in [3.63, 3.8) is 0 Å². The molecule has 0 aromatic heterocycles. The van der Waals surface area contributed by atoms with Crippen LogP contribution in [0.3, 0.4) is 0 Å². The quantitative estimate of drug-likeness (QED) is 0.189. The molecule has 0 bridgehead atoms. The molecule has 3 aromatic carbocycles. The Kier molecular flexibility index (Phi) is 8.58. The van der Waals surface area contributed by atoms with Gasteiger partial charge in [-0.1, -0.05) is 65.7 Å². The van der Waals surface area contributed by atoms with Gasteiger partial charge in [-0.25, -0.2) is 0 Å². The van der Waals surface area contributed by atoms with Gasteiger partial charge in [-0.3, -0.25) is 14.5 Å². The summed E-state index contributed by atoms with van der Waals surface area (Å²) >= 11 is 16.0. The van der Waals surface area contributed by atoms with Gasteiger partial charge in [-0.05, 0) is 94.2 Å². The number of hydrogen-bond donors (Lipinski definition) is 0. The maximum absolute atomic E-state index is 12.8. The third-order valence-corrected chi connectivity index (χ3v) is 7.37. The van der Waals surface area contributed by atoms with Crippen molar-refractivity contribution in [1.29, 1.82) is 0 Å². The molecule has 174 valence electrons. The predicted molar refractivity (Wildman–Crippen MR) is 147 cm³/mol. The second kappa shape index (κ2) is 11.6. The normalized spacial score (nSPS) is 14.8. The van der Waals surface area contributed by atoms with Gasteiger partial charge < -0.3 is 4.74 Å². The molecule has 8 heteroatoms. The van der Waals surface area contributed by atoms with Gasteiger partial charge in [0, 0.05) is 10.1 Å². The number of aryl methyl sites for hydroxylation is 1. The van der Waals surface area contributed by atoms with Crippen LogP contribution in [0.2, 0.25) is 10.0 Å². The molecule has 1 heterocycles. The molecule has 34 heavy (non-hydrogen) atoms. The van der Waals surface area contributed by atoms with Crippen LogP contribution in [0.1, 0.15) is 23.1 Å². The highest BCUT2D eigenvalue weighted by Crippen LogP contribution is 2.38. The number of halogens is 3. The van der Waals surface area contributed by atoms with Crippen molar-refractivity contribution < 1.29 is 14.3 Å². The number of thioether (sulfide) groups is 1. The molecule has 1 aliphatic rings. The maximum atomic E-state index is 12.8. The molecule has 1 saturated heterocycles. The Morgan fingerprint density at radius 3 is 2.29 bits per heavy atom. The second-order valence-corrected chi connectivity index (χ2v) is 10.7. The molecular formula is C26H20Cl2INO3S. The van der Waals surface area contributed by atoms with Crippen molar-refractivity contribution in [3.05, 3.63) is 102 Å². The molecule has 2 amide bonds. The van der Waals surface area contributed by atoms with Gasteiger partial charge in [0.2, 0.25) is 0 Å². The highest BCUT2D eigenvalue weighted by atomic mass is 127. The van der Waals surface area contributed by atoms with Gasteiger partial charge in [0.1, 0.15) is 6.61 Å². The topological polar surface area (TPSA) is 46.6 Å². The molecule has 4 nitrogen and oxygen atoms in total. The van der Waals surface area contributed by atoms with Crippen molar-refractivity contribution in [1.82, 2.24) is 4.90 Å². The summed E-state index contributed by atoms with van der Waals surface area (Å²) in [5, 5.41) is 0.414. The van der Waals surface area contributed by atoms with Gasteiger partial charge >= 0.3 is 0 Å². The molecule has 0 aliphatic carbocycles. The van der Waals surface area contributed by atoms with Gasteiger partial charge in [-0.2, -0.15) is 0 Å². The lowest BCUT2D eigenvalue weighted by Gasteiger charge is -2.12. The zero-order valence-electron chi connectivity index (χ0n) is 18.0. The van der Waals surface area contributed by atoms with Crippen molar-refractivity contribution in [2.75, 3.05) is 6.54 Å². The first kappa shape index (κ1) is 25.1. The third-order valence-electron chi connectivity index (χ3n) is 5.18. The summed E-state index contributed by atoms with van der Waals surface area (Å²) in [6, 6.07) is 21.3. The standard InChI is InChI=1S/C26H20Cl2INO3S/c27-21-13-19(14-22(28)24(21)33-16-18-8-10-20(29)11-9-18)15-23-25(31)30(26(32)34-23)12-4-7-17-5-2-1-3-6-17/h1-3,5-6,8-11,13-15H,4,7,12,16H2/b23-15+. The van der Waals surface area contributed by atoms with Crippen LogP contribution in [0.15, 0.2) is 71.6 Å². The van der Waals surface area contributed by atoms with Crippen LogP contribution in [0, 0.1) is 3.57 Å². The first-order valence-electron chi connectivity index (χ1n) is 10.6. The Morgan fingerprint density at radius 1 is 0.941 bits per heavy atom. The fourth-order valence-electron chi connectivity index (χ4n) is 3.47. The Hall–Kier alpha value is -2.00. The number of rotatable bonds is 8. The predicted octanol–water partition coefficient (Wildman–Crippen LogP) is 7.85. The molecule has 4 rings (SSSR count). The van der Waals surface area contributed by atoms with Crippen molar-refractivity contribution >= 4 is 74.8 Å². The fraction of sp³-hybridized carbons (Fsp3) is 0.154. The zero-order valence-corrected chi connectivity index (χ0v) is 22.5. The van der Waals surface area contributed by atoms with E-state index in [1.807, 2.05) is 54.6 Å². The van der Waals surface area contributed by atoms with E-state index < -0.39 is 0 Å². The Balaban J connectivity index is 1.41. The lowest BCUT2D eigenvalue weighted by Crippen LogP contribution is -2.29. The zero-order chi connectivity index (χ0) is 24.1. The van der Waals surface area contributed by atoms with E-state index in [0.29, 0.717) is 45.8 Å². The minimum absolute atomic E-state index is 0.265. The summed E-state index contributed by atoms with van der Waals surface area (Å²) in [5.74, 6) is 0.0855. The lowest BCUT2D eigenvalue weighted by atomic mass is 10.1. The monoisotopic (exact) mass is 623 g/mol. The number of hydrogen-bond acceptors (Lipinski definition) is 4. The van der Waals surface area contributed by atoms with Crippen LogP contribution < -0.4 is 4.74 Å². The van der Waals surface area contributed by atoms with Crippen LogP contribution >= 0.6 is 57.6 Å². The summed E-state index contributed by atoms with van der Waals surface area (Å²) in [7, 11) is 0. The maximum Gasteiger partial charge on any atom is 0.293 e. The number of benzene rings is 3. The molecule has 0 N–H and O–H groups in total. The van der Waals surface area contributed by atoms with Crippen LogP contribution in [0.5, 0.6) is 5.75 Å². The Morgan fingerprint density at radius 2 is 1.62 bits per heavy atom.